The van der Waals surface area contributed by atoms with E-state index in [-0.39, 0.29) is 6.09 Å². The number of rotatable bonds is 6. The first-order valence-electron chi connectivity index (χ1n) is 10.0. The summed E-state index contributed by atoms with van der Waals surface area (Å²) in [7, 11) is 0. The van der Waals surface area contributed by atoms with Crippen LogP contribution in [0.15, 0.2) is 4.99 Å². The van der Waals surface area contributed by atoms with Crippen LogP contribution in [-0.4, -0.2) is 79.3 Å². The van der Waals surface area contributed by atoms with Gasteiger partial charge in [-0.05, 0) is 46.5 Å². The molecule has 2 fully saturated rings. The van der Waals surface area contributed by atoms with E-state index in [1.807, 2.05) is 25.7 Å². The second-order valence-corrected chi connectivity index (χ2v) is 8.39. The second-order valence-electron chi connectivity index (χ2n) is 8.39. The molecular weight excluding hydrogens is 330 g/mol. The summed E-state index contributed by atoms with van der Waals surface area (Å²) >= 11 is 0. The number of guanidine groups is 1. The fourth-order valence-corrected chi connectivity index (χ4v) is 2.98. The lowest BCUT2D eigenvalue weighted by Gasteiger charge is -2.35. The van der Waals surface area contributed by atoms with Crippen LogP contribution in [0.5, 0.6) is 0 Å². The Morgan fingerprint density at radius 1 is 1.23 bits per heavy atom. The molecule has 0 aromatic rings. The van der Waals surface area contributed by atoms with Crippen molar-refractivity contribution in [1.29, 1.82) is 0 Å². The standard InChI is InChI=1S/C19H37N5O2/c1-6-20-17(22-16-14-15(16)2)21-8-7-9-23-10-12-24(13-11-23)18(25)26-19(3,4)5/h15-16H,6-14H2,1-5H3,(H2,20,21,22). The van der Waals surface area contributed by atoms with Crippen LogP contribution in [0.2, 0.25) is 0 Å². The molecule has 0 bridgehead atoms. The van der Waals surface area contributed by atoms with E-state index in [1.165, 1.54) is 6.42 Å². The SMILES string of the molecule is CCNC(=NCCCN1CCN(C(=O)OC(C)(C)C)CC1)NC1CC1C. The normalized spacial score (nSPS) is 24.3. The van der Waals surface area contributed by atoms with Gasteiger partial charge in [0.2, 0.25) is 0 Å². The predicted molar refractivity (Wildman–Crippen MR) is 106 cm³/mol. The van der Waals surface area contributed by atoms with Crippen molar-refractivity contribution < 1.29 is 9.53 Å². The van der Waals surface area contributed by atoms with Crippen LogP contribution < -0.4 is 10.6 Å². The van der Waals surface area contributed by atoms with Gasteiger partial charge in [0.05, 0.1) is 0 Å². The summed E-state index contributed by atoms with van der Waals surface area (Å²) in [6.07, 6.45) is 2.08. The third-order valence-corrected chi connectivity index (χ3v) is 4.70. The third kappa shape index (κ3) is 7.40. The van der Waals surface area contributed by atoms with Crippen molar-refractivity contribution in [3.05, 3.63) is 0 Å². The largest absolute Gasteiger partial charge is 0.444 e. The van der Waals surface area contributed by atoms with Crippen LogP contribution in [0.4, 0.5) is 4.79 Å². The number of hydrogen-bond donors (Lipinski definition) is 2. The molecule has 2 aliphatic rings. The zero-order chi connectivity index (χ0) is 19.2. The van der Waals surface area contributed by atoms with Crippen LogP contribution in [0, 0.1) is 5.92 Å². The molecular formula is C19H37N5O2. The number of nitrogens with one attached hydrogen (secondary N) is 2. The summed E-state index contributed by atoms with van der Waals surface area (Å²) in [6.45, 7) is 16.1. The van der Waals surface area contributed by atoms with E-state index in [2.05, 4.69) is 34.4 Å². The molecule has 1 saturated carbocycles. The maximum absolute atomic E-state index is 12.1. The molecule has 1 saturated heterocycles. The fraction of sp³-hybridized carbons (Fsp3) is 0.895. The number of carbonyl (C=O) groups is 1. The van der Waals surface area contributed by atoms with Gasteiger partial charge in [-0.2, -0.15) is 0 Å². The fourth-order valence-electron chi connectivity index (χ4n) is 2.98. The highest BCUT2D eigenvalue weighted by molar-refractivity contribution is 5.80. The average Bonchev–Trinajstić information content (AvgIpc) is 3.25. The maximum atomic E-state index is 12.1. The number of amides is 1. The van der Waals surface area contributed by atoms with Crippen LogP contribution in [0.3, 0.4) is 0 Å². The van der Waals surface area contributed by atoms with Crippen molar-refractivity contribution in [1.82, 2.24) is 20.4 Å². The Morgan fingerprint density at radius 2 is 1.88 bits per heavy atom. The van der Waals surface area contributed by atoms with Gasteiger partial charge in [-0.15, -0.1) is 0 Å². The maximum Gasteiger partial charge on any atom is 0.410 e. The molecule has 1 heterocycles. The first kappa shape index (κ1) is 20.8. The highest BCUT2D eigenvalue weighted by Gasteiger charge is 2.33. The minimum atomic E-state index is -0.428. The Balaban J connectivity index is 1.63. The Labute approximate surface area is 158 Å². The molecule has 0 radical (unpaired) electrons. The first-order chi connectivity index (χ1) is 12.3. The summed E-state index contributed by atoms with van der Waals surface area (Å²) in [5, 5.41) is 6.80. The zero-order valence-corrected chi connectivity index (χ0v) is 17.2. The Bertz CT molecular complexity index is 481. The van der Waals surface area contributed by atoms with E-state index < -0.39 is 5.60 Å². The lowest BCUT2D eigenvalue weighted by atomic mass is 10.2. The molecule has 26 heavy (non-hydrogen) atoms. The van der Waals surface area contributed by atoms with Crippen molar-refractivity contribution in [2.24, 2.45) is 10.9 Å². The van der Waals surface area contributed by atoms with Gasteiger partial charge < -0.3 is 20.3 Å². The van der Waals surface area contributed by atoms with Gasteiger partial charge in [-0.3, -0.25) is 9.89 Å². The number of nitrogens with zero attached hydrogens (tertiary/aromatic N) is 3. The topological polar surface area (TPSA) is 69.2 Å². The first-order valence-corrected chi connectivity index (χ1v) is 10.0. The molecule has 2 N–H and O–H groups in total. The van der Waals surface area contributed by atoms with Gasteiger partial charge in [0.1, 0.15) is 5.60 Å². The Morgan fingerprint density at radius 3 is 2.42 bits per heavy atom. The number of carbonyl (C=O) groups excluding carboxylic acids is 1. The zero-order valence-electron chi connectivity index (χ0n) is 17.2. The molecule has 0 aromatic heterocycles. The number of aliphatic imine (C=N–C) groups is 1. The van der Waals surface area contributed by atoms with Crippen molar-refractivity contribution in [3.63, 3.8) is 0 Å². The summed E-state index contributed by atoms with van der Waals surface area (Å²) in [5.74, 6) is 1.71. The van der Waals surface area contributed by atoms with Gasteiger partial charge >= 0.3 is 6.09 Å². The van der Waals surface area contributed by atoms with Crippen LogP contribution >= 0.6 is 0 Å². The molecule has 150 valence electrons. The van der Waals surface area contributed by atoms with E-state index in [1.54, 1.807) is 0 Å². The van der Waals surface area contributed by atoms with E-state index >= 15 is 0 Å². The lowest BCUT2D eigenvalue weighted by Crippen LogP contribution is -2.50. The van der Waals surface area contributed by atoms with Crippen molar-refractivity contribution in [3.8, 4) is 0 Å². The Kier molecular flexibility index (Phi) is 7.55. The molecule has 2 rings (SSSR count). The lowest BCUT2D eigenvalue weighted by molar-refractivity contribution is 0.0145. The smallest absolute Gasteiger partial charge is 0.410 e. The Hall–Kier alpha value is -1.50. The van der Waals surface area contributed by atoms with Crippen LogP contribution in [0.25, 0.3) is 0 Å². The van der Waals surface area contributed by atoms with E-state index in [9.17, 15) is 4.79 Å². The summed E-state index contributed by atoms with van der Waals surface area (Å²) in [4.78, 5) is 21.0. The molecule has 1 aliphatic heterocycles. The van der Waals surface area contributed by atoms with E-state index in [4.69, 9.17) is 4.74 Å². The molecule has 7 nitrogen and oxygen atoms in total. The van der Waals surface area contributed by atoms with Crippen molar-refractivity contribution in [2.75, 3.05) is 45.8 Å². The monoisotopic (exact) mass is 367 g/mol. The van der Waals surface area contributed by atoms with Gasteiger partial charge in [0, 0.05) is 51.9 Å². The second kappa shape index (κ2) is 9.44. The van der Waals surface area contributed by atoms with E-state index in [0.717, 1.165) is 64.1 Å². The molecule has 2 unspecified atom stereocenters. The van der Waals surface area contributed by atoms with Gasteiger partial charge in [0.25, 0.3) is 0 Å². The summed E-state index contributed by atoms with van der Waals surface area (Å²) in [5.41, 5.74) is -0.428. The van der Waals surface area contributed by atoms with Gasteiger partial charge in [-0.1, -0.05) is 6.92 Å². The third-order valence-electron chi connectivity index (χ3n) is 4.70. The number of piperazine rings is 1. The van der Waals surface area contributed by atoms with Crippen molar-refractivity contribution in [2.45, 2.75) is 59.1 Å². The highest BCUT2D eigenvalue weighted by Crippen LogP contribution is 2.28. The molecule has 1 amide bonds. The minimum Gasteiger partial charge on any atom is -0.444 e. The molecule has 0 spiro atoms. The van der Waals surface area contributed by atoms with Crippen LogP contribution in [-0.2, 0) is 4.74 Å². The van der Waals surface area contributed by atoms with Gasteiger partial charge in [0.15, 0.2) is 5.96 Å². The quantitative estimate of drug-likeness (QED) is 0.426. The number of ether oxygens (including phenoxy) is 1. The average molecular weight is 368 g/mol. The molecule has 0 aromatic carbocycles. The number of hydrogen-bond acceptors (Lipinski definition) is 4. The van der Waals surface area contributed by atoms with Crippen LogP contribution in [0.1, 0.15) is 47.5 Å². The van der Waals surface area contributed by atoms with Crippen molar-refractivity contribution >= 4 is 12.1 Å². The predicted octanol–water partition coefficient (Wildman–Crippen LogP) is 1.89. The molecule has 7 heteroatoms. The molecule has 2 atom stereocenters. The summed E-state index contributed by atoms with van der Waals surface area (Å²) < 4.78 is 5.44. The minimum absolute atomic E-state index is 0.197. The van der Waals surface area contributed by atoms with Gasteiger partial charge in [-0.25, -0.2) is 4.79 Å². The highest BCUT2D eigenvalue weighted by atomic mass is 16.6. The molecule has 1 aliphatic carbocycles. The summed E-state index contributed by atoms with van der Waals surface area (Å²) in [6, 6.07) is 0.591. The van der Waals surface area contributed by atoms with E-state index in [0.29, 0.717) is 6.04 Å².